The first-order valence-corrected chi connectivity index (χ1v) is 4.48. The highest BCUT2D eigenvalue weighted by Gasteiger charge is 2.02. The van der Waals surface area contributed by atoms with Crippen LogP contribution in [0, 0.1) is 0 Å². The lowest BCUT2D eigenvalue weighted by Crippen LogP contribution is -2.35. The van der Waals surface area contributed by atoms with Gasteiger partial charge in [0.15, 0.2) is 0 Å². The number of nitrogens with one attached hydrogen (secondary N) is 1. The highest BCUT2D eigenvalue weighted by molar-refractivity contribution is 4.76. The standard InChI is InChI=1S/C9H20N2O2/c1-3-4-9(11-10)5-6-13-8-7-12-2/h3,9,11H,1,4-8,10H2,2H3. The third-order valence-electron chi connectivity index (χ3n) is 1.73. The molecule has 0 aromatic carbocycles. The van der Waals surface area contributed by atoms with Crippen LogP contribution in [0.15, 0.2) is 12.7 Å². The monoisotopic (exact) mass is 188 g/mol. The lowest BCUT2D eigenvalue weighted by Gasteiger charge is -2.13. The summed E-state index contributed by atoms with van der Waals surface area (Å²) in [5.74, 6) is 5.32. The van der Waals surface area contributed by atoms with Crippen LogP contribution in [-0.4, -0.2) is 33.0 Å². The number of hydrogen-bond acceptors (Lipinski definition) is 4. The second-order valence-corrected chi connectivity index (χ2v) is 2.78. The van der Waals surface area contributed by atoms with Crippen molar-refractivity contribution in [2.45, 2.75) is 18.9 Å². The summed E-state index contributed by atoms with van der Waals surface area (Å²) >= 11 is 0. The molecule has 0 radical (unpaired) electrons. The van der Waals surface area contributed by atoms with Crippen LogP contribution in [0.1, 0.15) is 12.8 Å². The Morgan fingerprint density at radius 1 is 1.46 bits per heavy atom. The zero-order valence-corrected chi connectivity index (χ0v) is 8.29. The first kappa shape index (κ1) is 12.6. The zero-order valence-electron chi connectivity index (χ0n) is 8.29. The number of hydrogen-bond donors (Lipinski definition) is 2. The van der Waals surface area contributed by atoms with Gasteiger partial charge < -0.3 is 9.47 Å². The average Bonchev–Trinajstić information content (AvgIpc) is 2.16. The summed E-state index contributed by atoms with van der Waals surface area (Å²) in [6.07, 6.45) is 3.61. The molecule has 0 amide bonds. The van der Waals surface area contributed by atoms with Crippen LogP contribution in [0.3, 0.4) is 0 Å². The van der Waals surface area contributed by atoms with E-state index in [0.717, 1.165) is 12.8 Å². The predicted octanol–water partition coefficient (Wildman–Crippen LogP) is 0.448. The van der Waals surface area contributed by atoms with Crippen molar-refractivity contribution in [3.05, 3.63) is 12.7 Å². The van der Waals surface area contributed by atoms with Gasteiger partial charge in [0.05, 0.1) is 13.2 Å². The Morgan fingerprint density at radius 3 is 2.77 bits per heavy atom. The lowest BCUT2D eigenvalue weighted by molar-refractivity contribution is 0.0659. The van der Waals surface area contributed by atoms with E-state index in [4.69, 9.17) is 15.3 Å². The van der Waals surface area contributed by atoms with Gasteiger partial charge in [-0.25, -0.2) is 0 Å². The molecule has 0 rings (SSSR count). The highest BCUT2D eigenvalue weighted by Crippen LogP contribution is 1.97. The molecule has 0 heterocycles. The van der Waals surface area contributed by atoms with Crippen LogP contribution >= 0.6 is 0 Å². The van der Waals surface area contributed by atoms with Crippen molar-refractivity contribution in [3.8, 4) is 0 Å². The van der Waals surface area contributed by atoms with Gasteiger partial charge in [0.2, 0.25) is 0 Å². The van der Waals surface area contributed by atoms with E-state index in [1.165, 1.54) is 0 Å². The van der Waals surface area contributed by atoms with Crippen LogP contribution in [0.25, 0.3) is 0 Å². The number of hydrazine groups is 1. The number of rotatable bonds is 9. The summed E-state index contributed by atoms with van der Waals surface area (Å²) in [6, 6.07) is 0.264. The number of nitrogens with two attached hydrogens (primary N) is 1. The lowest BCUT2D eigenvalue weighted by atomic mass is 10.1. The fraction of sp³-hybridized carbons (Fsp3) is 0.778. The average molecular weight is 188 g/mol. The number of methoxy groups -OCH3 is 1. The van der Waals surface area contributed by atoms with Crippen molar-refractivity contribution in [2.75, 3.05) is 26.9 Å². The van der Waals surface area contributed by atoms with Gasteiger partial charge in [-0.1, -0.05) is 6.08 Å². The van der Waals surface area contributed by atoms with Crippen molar-refractivity contribution in [3.63, 3.8) is 0 Å². The van der Waals surface area contributed by atoms with Gasteiger partial charge in [-0.15, -0.1) is 6.58 Å². The van der Waals surface area contributed by atoms with Gasteiger partial charge in [-0.05, 0) is 12.8 Å². The summed E-state index contributed by atoms with van der Waals surface area (Å²) in [6.45, 7) is 5.63. The summed E-state index contributed by atoms with van der Waals surface area (Å²) in [7, 11) is 1.66. The van der Waals surface area contributed by atoms with Crippen LogP contribution in [-0.2, 0) is 9.47 Å². The molecule has 3 N–H and O–H groups in total. The topological polar surface area (TPSA) is 56.5 Å². The van der Waals surface area contributed by atoms with Gasteiger partial charge in [-0.3, -0.25) is 11.3 Å². The molecule has 0 saturated carbocycles. The molecule has 1 atom stereocenters. The molecule has 4 heteroatoms. The predicted molar refractivity (Wildman–Crippen MR) is 53.2 cm³/mol. The van der Waals surface area contributed by atoms with Crippen LogP contribution in [0.4, 0.5) is 0 Å². The summed E-state index contributed by atoms with van der Waals surface area (Å²) in [5.41, 5.74) is 2.71. The van der Waals surface area contributed by atoms with Crippen molar-refractivity contribution >= 4 is 0 Å². The van der Waals surface area contributed by atoms with E-state index in [-0.39, 0.29) is 6.04 Å². The molecule has 0 saturated heterocycles. The number of ether oxygens (including phenoxy) is 2. The van der Waals surface area contributed by atoms with Crippen molar-refractivity contribution < 1.29 is 9.47 Å². The van der Waals surface area contributed by atoms with Gasteiger partial charge in [0.25, 0.3) is 0 Å². The molecule has 0 aliphatic rings. The second kappa shape index (κ2) is 9.67. The third kappa shape index (κ3) is 7.93. The van der Waals surface area contributed by atoms with E-state index in [9.17, 15) is 0 Å². The normalized spacial score (nSPS) is 12.8. The van der Waals surface area contributed by atoms with E-state index in [1.807, 2.05) is 6.08 Å². The molecular weight excluding hydrogens is 168 g/mol. The Kier molecular flexibility index (Phi) is 9.35. The van der Waals surface area contributed by atoms with Crippen molar-refractivity contribution in [1.82, 2.24) is 5.43 Å². The van der Waals surface area contributed by atoms with Crippen molar-refractivity contribution in [1.29, 1.82) is 0 Å². The van der Waals surface area contributed by atoms with Gasteiger partial charge in [-0.2, -0.15) is 0 Å². The quantitative estimate of drug-likeness (QED) is 0.239. The SMILES string of the molecule is C=CCC(CCOCCOC)NN. The summed E-state index contributed by atoms with van der Waals surface area (Å²) in [5, 5.41) is 0. The maximum Gasteiger partial charge on any atom is 0.0700 e. The Hall–Kier alpha value is -0.420. The molecule has 0 aliphatic carbocycles. The maximum absolute atomic E-state index is 5.32. The largest absolute Gasteiger partial charge is 0.382 e. The minimum atomic E-state index is 0.264. The minimum Gasteiger partial charge on any atom is -0.382 e. The molecule has 0 aliphatic heterocycles. The second-order valence-electron chi connectivity index (χ2n) is 2.78. The van der Waals surface area contributed by atoms with Gasteiger partial charge in [0.1, 0.15) is 0 Å². The van der Waals surface area contributed by atoms with Gasteiger partial charge in [0, 0.05) is 19.8 Å². The third-order valence-corrected chi connectivity index (χ3v) is 1.73. The molecule has 4 nitrogen and oxygen atoms in total. The highest BCUT2D eigenvalue weighted by atomic mass is 16.5. The Morgan fingerprint density at radius 2 is 2.23 bits per heavy atom. The van der Waals surface area contributed by atoms with E-state index >= 15 is 0 Å². The van der Waals surface area contributed by atoms with Crippen molar-refractivity contribution in [2.24, 2.45) is 5.84 Å². The van der Waals surface area contributed by atoms with Crippen LogP contribution in [0.2, 0.25) is 0 Å². The summed E-state index contributed by atoms with van der Waals surface area (Å²) < 4.78 is 10.1. The molecule has 0 fully saturated rings. The minimum absolute atomic E-state index is 0.264. The van der Waals surface area contributed by atoms with Crippen LogP contribution < -0.4 is 11.3 Å². The molecule has 0 spiro atoms. The maximum atomic E-state index is 5.32. The van der Waals surface area contributed by atoms with E-state index in [0.29, 0.717) is 19.8 Å². The Bertz CT molecular complexity index is 120. The van der Waals surface area contributed by atoms with E-state index in [2.05, 4.69) is 12.0 Å². The first-order chi connectivity index (χ1) is 6.35. The molecule has 13 heavy (non-hydrogen) atoms. The molecule has 0 bridgehead atoms. The molecule has 0 aromatic heterocycles. The van der Waals surface area contributed by atoms with E-state index < -0.39 is 0 Å². The van der Waals surface area contributed by atoms with E-state index in [1.54, 1.807) is 7.11 Å². The molecule has 0 aromatic rings. The molecule has 78 valence electrons. The molecule has 1 unspecified atom stereocenters. The zero-order chi connectivity index (χ0) is 9.94. The summed E-state index contributed by atoms with van der Waals surface area (Å²) in [4.78, 5) is 0. The Balaban J connectivity index is 3.22. The fourth-order valence-electron chi connectivity index (χ4n) is 0.940. The smallest absolute Gasteiger partial charge is 0.0700 e. The Labute approximate surface area is 80.1 Å². The first-order valence-electron chi connectivity index (χ1n) is 4.48. The van der Waals surface area contributed by atoms with Crippen LogP contribution in [0.5, 0.6) is 0 Å². The molecular formula is C9H20N2O2. The van der Waals surface area contributed by atoms with Gasteiger partial charge >= 0.3 is 0 Å². The fourth-order valence-corrected chi connectivity index (χ4v) is 0.940.